The molecule has 1 fully saturated rings. The molecule has 1 aliphatic rings. The van der Waals surface area contributed by atoms with E-state index in [1.807, 2.05) is 32.6 Å². The van der Waals surface area contributed by atoms with E-state index in [2.05, 4.69) is 5.32 Å². The molecule has 3 N–H and O–H groups in total. The van der Waals surface area contributed by atoms with Gasteiger partial charge in [0.05, 0.1) is 12.6 Å². The summed E-state index contributed by atoms with van der Waals surface area (Å²) in [5.41, 5.74) is 5.74. The van der Waals surface area contributed by atoms with Crippen molar-refractivity contribution in [2.24, 2.45) is 11.7 Å². The van der Waals surface area contributed by atoms with Crippen molar-refractivity contribution in [2.45, 2.75) is 65.1 Å². The first-order chi connectivity index (χ1) is 8.84. The monoisotopic (exact) mass is 305 g/mol. The molecule has 0 spiro atoms. The van der Waals surface area contributed by atoms with Gasteiger partial charge < -0.3 is 16.0 Å². The summed E-state index contributed by atoms with van der Waals surface area (Å²) in [6.45, 7) is 7.85. The summed E-state index contributed by atoms with van der Waals surface area (Å²) in [5, 5.41) is 2.65. The Bertz CT molecular complexity index is 330. The Kier molecular flexibility index (Phi) is 8.13. The van der Waals surface area contributed by atoms with Crippen molar-refractivity contribution in [1.29, 1.82) is 0 Å². The third-order valence-electron chi connectivity index (χ3n) is 3.75. The predicted octanol–water partition coefficient (Wildman–Crippen LogP) is 1.30. The second-order valence-corrected chi connectivity index (χ2v) is 5.97. The van der Waals surface area contributed by atoms with Crippen LogP contribution < -0.4 is 11.1 Å². The van der Waals surface area contributed by atoms with Gasteiger partial charge in [-0.2, -0.15) is 0 Å². The van der Waals surface area contributed by atoms with Crippen LogP contribution in [0.1, 0.15) is 47.0 Å². The Morgan fingerprint density at radius 3 is 2.15 bits per heavy atom. The van der Waals surface area contributed by atoms with Gasteiger partial charge in [-0.05, 0) is 39.0 Å². The summed E-state index contributed by atoms with van der Waals surface area (Å²) in [7, 11) is 0. The Balaban J connectivity index is 0.00000361. The quantitative estimate of drug-likeness (QED) is 0.776. The molecular weight excluding hydrogens is 278 g/mol. The van der Waals surface area contributed by atoms with Gasteiger partial charge in [0, 0.05) is 12.1 Å². The number of halogens is 1. The minimum absolute atomic E-state index is 0. The second kappa shape index (κ2) is 8.47. The molecule has 1 rings (SSSR count). The normalized spacial score (nSPS) is 16.4. The molecule has 0 heterocycles. The molecule has 20 heavy (non-hydrogen) atoms. The molecular formula is C14H28ClN3O2. The van der Waals surface area contributed by atoms with Crippen LogP contribution in [0.25, 0.3) is 0 Å². The summed E-state index contributed by atoms with van der Waals surface area (Å²) >= 11 is 0. The zero-order chi connectivity index (χ0) is 14.6. The number of hydrogen-bond donors (Lipinski definition) is 2. The average Bonchev–Trinajstić information content (AvgIpc) is 2.28. The topological polar surface area (TPSA) is 75.4 Å². The highest BCUT2D eigenvalue weighted by atomic mass is 35.5. The van der Waals surface area contributed by atoms with Crippen LogP contribution in [0, 0.1) is 5.92 Å². The van der Waals surface area contributed by atoms with Gasteiger partial charge in [0.25, 0.3) is 0 Å². The van der Waals surface area contributed by atoms with Crippen molar-refractivity contribution in [1.82, 2.24) is 10.2 Å². The van der Waals surface area contributed by atoms with Crippen molar-refractivity contribution in [2.75, 3.05) is 6.54 Å². The Hall–Kier alpha value is -0.810. The maximum absolute atomic E-state index is 12.2. The predicted molar refractivity (Wildman–Crippen MR) is 82.7 cm³/mol. The Morgan fingerprint density at radius 1 is 1.25 bits per heavy atom. The summed E-state index contributed by atoms with van der Waals surface area (Å²) < 4.78 is 0. The highest BCUT2D eigenvalue weighted by Gasteiger charge is 2.30. The number of rotatable bonds is 6. The largest absolute Gasteiger partial charge is 0.346 e. The highest BCUT2D eigenvalue weighted by Crippen LogP contribution is 2.26. The molecule has 0 unspecified atom stereocenters. The molecule has 1 atom stereocenters. The lowest BCUT2D eigenvalue weighted by molar-refractivity contribution is -0.138. The van der Waals surface area contributed by atoms with Crippen LogP contribution in [-0.4, -0.2) is 41.4 Å². The Labute approximate surface area is 128 Å². The SMILES string of the molecule is CC(C)[C@H](N)C(=O)NCC(=O)N(C(C)C)C1CCC1.Cl. The van der Waals surface area contributed by atoms with Gasteiger partial charge >= 0.3 is 0 Å². The maximum atomic E-state index is 12.2. The molecule has 5 nitrogen and oxygen atoms in total. The van der Waals surface area contributed by atoms with Gasteiger partial charge in [-0.25, -0.2) is 0 Å². The number of nitrogens with zero attached hydrogens (tertiary/aromatic N) is 1. The summed E-state index contributed by atoms with van der Waals surface area (Å²) in [4.78, 5) is 25.8. The van der Waals surface area contributed by atoms with E-state index in [4.69, 9.17) is 5.73 Å². The molecule has 0 saturated heterocycles. The third kappa shape index (κ3) is 4.94. The number of carbonyl (C=O) groups excluding carboxylic acids is 2. The molecule has 0 aromatic carbocycles. The van der Waals surface area contributed by atoms with Crippen molar-refractivity contribution >= 4 is 24.2 Å². The van der Waals surface area contributed by atoms with Gasteiger partial charge in [-0.3, -0.25) is 9.59 Å². The van der Waals surface area contributed by atoms with E-state index in [0.717, 1.165) is 12.8 Å². The molecule has 1 aliphatic carbocycles. The van der Waals surface area contributed by atoms with Crippen LogP contribution in [0.3, 0.4) is 0 Å². The van der Waals surface area contributed by atoms with E-state index < -0.39 is 6.04 Å². The average molecular weight is 306 g/mol. The molecule has 118 valence electrons. The van der Waals surface area contributed by atoms with Gasteiger partial charge in [-0.1, -0.05) is 13.8 Å². The Morgan fingerprint density at radius 2 is 1.80 bits per heavy atom. The smallest absolute Gasteiger partial charge is 0.242 e. The number of hydrogen-bond acceptors (Lipinski definition) is 3. The van der Waals surface area contributed by atoms with Gasteiger partial charge in [0.15, 0.2) is 0 Å². The molecule has 0 bridgehead atoms. The fraction of sp³-hybridized carbons (Fsp3) is 0.857. The van der Waals surface area contributed by atoms with Crippen LogP contribution in [0.4, 0.5) is 0 Å². The maximum Gasteiger partial charge on any atom is 0.242 e. The number of nitrogens with one attached hydrogen (secondary N) is 1. The fourth-order valence-corrected chi connectivity index (χ4v) is 2.25. The minimum Gasteiger partial charge on any atom is -0.346 e. The van der Waals surface area contributed by atoms with E-state index in [1.165, 1.54) is 6.42 Å². The zero-order valence-electron chi connectivity index (χ0n) is 12.9. The van der Waals surface area contributed by atoms with Crippen LogP contribution in [0.5, 0.6) is 0 Å². The third-order valence-corrected chi connectivity index (χ3v) is 3.75. The standard InChI is InChI=1S/C14H27N3O2.ClH/c1-9(2)13(15)14(19)16-8-12(18)17(10(3)4)11-6-5-7-11;/h9-11,13H,5-8,15H2,1-4H3,(H,16,19);1H/t13-;/m0./s1. The molecule has 1 saturated carbocycles. The lowest BCUT2D eigenvalue weighted by Gasteiger charge is -2.40. The fourth-order valence-electron chi connectivity index (χ4n) is 2.25. The second-order valence-electron chi connectivity index (χ2n) is 5.97. The van der Waals surface area contributed by atoms with Crippen molar-refractivity contribution < 1.29 is 9.59 Å². The summed E-state index contributed by atoms with van der Waals surface area (Å²) in [6, 6.07) is -0.0272. The van der Waals surface area contributed by atoms with Crippen LogP contribution in [-0.2, 0) is 9.59 Å². The number of nitrogens with two attached hydrogens (primary N) is 1. The van der Waals surface area contributed by atoms with Crippen molar-refractivity contribution in [3.8, 4) is 0 Å². The van der Waals surface area contributed by atoms with Gasteiger partial charge in [0.1, 0.15) is 0 Å². The molecule has 0 radical (unpaired) electrons. The van der Waals surface area contributed by atoms with E-state index in [0.29, 0.717) is 6.04 Å². The van der Waals surface area contributed by atoms with E-state index in [-0.39, 0.29) is 42.7 Å². The lowest BCUT2D eigenvalue weighted by Crippen LogP contribution is -2.53. The van der Waals surface area contributed by atoms with Gasteiger partial charge in [0.2, 0.25) is 11.8 Å². The van der Waals surface area contributed by atoms with Crippen LogP contribution in [0.15, 0.2) is 0 Å². The first-order valence-corrected chi connectivity index (χ1v) is 7.19. The number of amides is 2. The lowest BCUT2D eigenvalue weighted by atomic mass is 9.90. The molecule has 0 aromatic heterocycles. The zero-order valence-corrected chi connectivity index (χ0v) is 13.7. The van der Waals surface area contributed by atoms with Crippen LogP contribution in [0.2, 0.25) is 0 Å². The van der Waals surface area contributed by atoms with E-state index >= 15 is 0 Å². The molecule has 0 aliphatic heterocycles. The molecule has 6 heteroatoms. The van der Waals surface area contributed by atoms with E-state index in [9.17, 15) is 9.59 Å². The van der Waals surface area contributed by atoms with Gasteiger partial charge in [-0.15, -0.1) is 12.4 Å². The molecule has 0 aromatic rings. The van der Waals surface area contributed by atoms with Crippen LogP contribution >= 0.6 is 12.4 Å². The summed E-state index contributed by atoms with van der Waals surface area (Å²) in [6.07, 6.45) is 3.33. The first-order valence-electron chi connectivity index (χ1n) is 7.19. The highest BCUT2D eigenvalue weighted by molar-refractivity contribution is 5.87. The molecule has 2 amide bonds. The van der Waals surface area contributed by atoms with Crippen molar-refractivity contribution in [3.05, 3.63) is 0 Å². The van der Waals surface area contributed by atoms with E-state index in [1.54, 1.807) is 0 Å². The summed E-state index contributed by atoms with van der Waals surface area (Å²) in [5.74, 6) is -0.187. The van der Waals surface area contributed by atoms with Crippen molar-refractivity contribution in [3.63, 3.8) is 0 Å². The number of carbonyl (C=O) groups is 2. The first kappa shape index (κ1) is 19.2. The minimum atomic E-state index is -0.552.